The minimum atomic E-state index is 0.312. The molecule has 0 aromatic heterocycles. The molecule has 0 heterocycles. The van der Waals surface area contributed by atoms with E-state index in [1.54, 1.807) is 0 Å². The van der Waals surface area contributed by atoms with Crippen LogP contribution in [0.1, 0.15) is 32.6 Å². The van der Waals surface area contributed by atoms with E-state index in [9.17, 15) is 0 Å². The van der Waals surface area contributed by atoms with E-state index in [1.165, 1.54) is 25.7 Å². The largest absolute Gasteiger partial charge is 0.0898 e. The van der Waals surface area contributed by atoms with Gasteiger partial charge in [-0.1, -0.05) is 12.0 Å². The van der Waals surface area contributed by atoms with E-state index >= 15 is 0 Å². The lowest BCUT2D eigenvalue weighted by atomic mass is 9.85. The topological polar surface area (TPSA) is 48.8 Å². The van der Waals surface area contributed by atoms with Gasteiger partial charge in [0.05, 0.1) is 0 Å². The summed E-state index contributed by atoms with van der Waals surface area (Å²) >= 11 is 0. The molecule has 0 aromatic carbocycles. The molecule has 0 aliphatic heterocycles. The molecule has 2 aliphatic rings. The maximum Gasteiger partial charge on any atom is 0.0456 e. The second-order valence-electron chi connectivity index (χ2n) is 4.14. The normalized spacial score (nSPS) is 47.4. The smallest absolute Gasteiger partial charge is 0.0456 e. The molecule has 0 saturated heterocycles. The van der Waals surface area contributed by atoms with Crippen molar-refractivity contribution in [1.82, 2.24) is 0 Å². The van der Waals surface area contributed by atoms with Gasteiger partial charge in [-0.2, -0.15) is 0 Å². The maximum atomic E-state index is 8.36. The number of hydrogen-bond acceptors (Lipinski definition) is 1. The van der Waals surface area contributed by atoms with Crippen molar-refractivity contribution < 1.29 is 0 Å². The third-order valence-electron chi connectivity index (χ3n) is 3.51. The first-order valence-corrected chi connectivity index (χ1v) is 4.30. The molecule has 0 amide bonds. The maximum absolute atomic E-state index is 8.36. The Morgan fingerprint density at radius 2 is 2.09 bits per heavy atom. The molecule has 0 radical (unpaired) electrons. The Bertz CT molecular complexity index is 209. The van der Waals surface area contributed by atoms with Crippen molar-refractivity contribution in [3.05, 3.63) is 10.4 Å². The zero-order chi connectivity index (χ0) is 7.90. The fraction of sp³-hybridized carbons (Fsp3) is 1.00. The summed E-state index contributed by atoms with van der Waals surface area (Å²) in [5.41, 5.74) is 8.72. The lowest BCUT2D eigenvalue weighted by molar-refractivity contribution is 0.308. The lowest BCUT2D eigenvalue weighted by Gasteiger charge is -2.22. The van der Waals surface area contributed by atoms with E-state index in [1.807, 2.05) is 0 Å². The Morgan fingerprint density at radius 3 is 2.45 bits per heavy atom. The van der Waals surface area contributed by atoms with Gasteiger partial charge in [-0.05, 0) is 42.5 Å². The highest BCUT2D eigenvalue weighted by Crippen LogP contribution is 2.55. The fourth-order valence-electron chi connectivity index (χ4n) is 2.77. The molecular formula is C8H13N3. The van der Waals surface area contributed by atoms with Crippen LogP contribution in [0.2, 0.25) is 0 Å². The number of nitrogens with zero attached hydrogens (tertiary/aromatic N) is 3. The molecule has 0 aromatic rings. The second kappa shape index (κ2) is 2.15. The van der Waals surface area contributed by atoms with Crippen molar-refractivity contribution in [2.24, 2.45) is 16.4 Å². The molecule has 11 heavy (non-hydrogen) atoms. The molecule has 2 rings (SSSR count). The number of fused-ring (bicyclic) bond motifs is 2. The van der Waals surface area contributed by atoms with Crippen LogP contribution in [-0.2, 0) is 0 Å². The summed E-state index contributed by atoms with van der Waals surface area (Å²) in [6.45, 7) is 2.26. The van der Waals surface area contributed by atoms with Crippen molar-refractivity contribution in [3.8, 4) is 0 Å². The molecule has 1 unspecified atom stereocenters. The number of rotatable bonds is 1. The Kier molecular flexibility index (Phi) is 1.36. The molecule has 2 fully saturated rings. The summed E-state index contributed by atoms with van der Waals surface area (Å²) in [4.78, 5) is 2.93. The highest BCUT2D eigenvalue weighted by molar-refractivity contribution is 5.04. The molecular weight excluding hydrogens is 138 g/mol. The van der Waals surface area contributed by atoms with Gasteiger partial charge in [-0.15, -0.1) is 0 Å². The molecule has 0 N–H and O–H groups in total. The van der Waals surface area contributed by atoms with Gasteiger partial charge in [0.1, 0.15) is 0 Å². The lowest BCUT2D eigenvalue weighted by Crippen LogP contribution is -2.20. The minimum absolute atomic E-state index is 0.312. The number of azide groups is 1. The van der Waals surface area contributed by atoms with Gasteiger partial charge >= 0.3 is 0 Å². The van der Waals surface area contributed by atoms with Gasteiger partial charge in [-0.25, -0.2) is 0 Å². The average molecular weight is 151 g/mol. The van der Waals surface area contributed by atoms with Crippen LogP contribution >= 0.6 is 0 Å². The van der Waals surface area contributed by atoms with Crippen LogP contribution in [0.5, 0.6) is 0 Å². The van der Waals surface area contributed by atoms with Crippen molar-refractivity contribution >= 4 is 0 Å². The molecule has 2 saturated carbocycles. The molecule has 1 atom stereocenters. The predicted molar refractivity (Wildman–Crippen MR) is 43.0 cm³/mol. The van der Waals surface area contributed by atoms with Crippen LogP contribution in [0.4, 0.5) is 0 Å². The van der Waals surface area contributed by atoms with E-state index in [0.29, 0.717) is 17.4 Å². The zero-order valence-corrected chi connectivity index (χ0v) is 6.82. The van der Waals surface area contributed by atoms with Crippen LogP contribution in [0, 0.1) is 11.3 Å². The minimum Gasteiger partial charge on any atom is -0.0898 e. The first-order chi connectivity index (χ1) is 5.26. The quantitative estimate of drug-likeness (QED) is 0.314. The summed E-state index contributed by atoms with van der Waals surface area (Å²) in [5, 5.41) is 3.90. The second-order valence-corrected chi connectivity index (χ2v) is 4.14. The van der Waals surface area contributed by atoms with Gasteiger partial charge < -0.3 is 0 Å². The van der Waals surface area contributed by atoms with Crippen LogP contribution in [-0.4, -0.2) is 6.04 Å². The summed E-state index contributed by atoms with van der Waals surface area (Å²) in [5.74, 6) is 0.705. The molecule has 3 nitrogen and oxygen atoms in total. The monoisotopic (exact) mass is 151 g/mol. The molecule has 60 valence electrons. The van der Waals surface area contributed by atoms with Crippen molar-refractivity contribution in [3.63, 3.8) is 0 Å². The first-order valence-electron chi connectivity index (χ1n) is 4.30. The van der Waals surface area contributed by atoms with E-state index in [0.717, 1.165) is 0 Å². The van der Waals surface area contributed by atoms with Gasteiger partial charge in [0.2, 0.25) is 0 Å². The van der Waals surface area contributed by atoms with Gasteiger partial charge in [0.15, 0.2) is 0 Å². The Hall–Kier alpha value is -0.690. The molecule has 3 heteroatoms. The van der Waals surface area contributed by atoms with Gasteiger partial charge in [0, 0.05) is 11.0 Å². The highest BCUT2D eigenvalue weighted by Gasteiger charge is 2.49. The Labute approximate surface area is 66.4 Å². The van der Waals surface area contributed by atoms with Gasteiger partial charge in [-0.3, -0.25) is 0 Å². The molecule has 2 bridgehead atoms. The van der Waals surface area contributed by atoms with Crippen LogP contribution in [0.25, 0.3) is 10.4 Å². The van der Waals surface area contributed by atoms with Crippen molar-refractivity contribution in [2.75, 3.05) is 0 Å². The highest BCUT2D eigenvalue weighted by atomic mass is 15.2. The fourth-order valence-corrected chi connectivity index (χ4v) is 2.77. The number of hydrogen-bond donors (Lipinski definition) is 0. The molecule has 0 spiro atoms. The Morgan fingerprint density at radius 1 is 1.45 bits per heavy atom. The zero-order valence-electron chi connectivity index (χ0n) is 6.82. The predicted octanol–water partition coefficient (Wildman–Crippen LogP) is 2.88. The van der Waals surface area contributed by atoms with Crippen molar-refractivity contribution in [2.45, 2.75) is 38.6 Å². The van der Waals surface area contributed by atoms with E-state index in [4.69, 9.17) is 5.53 Å². The van der Waals surface area contributed by atoms with E-state index in [-0.39, 0.29) is 0 Å². The Balaban J connectivity index is 2.27. The van der Waals surface area contributed by atoms with Crippen LogP contribution in [0.3, 0.4) is 0 Å². The average Bonchev–Trinajstić information content (AvgIpc) is 2.44. The summed E-state index contributed by atoms with van der Waals surface area (Å²) < 4.78 is 0. The van der Waals surface area contributed by atoms with E-state index < -0.39 is 0 Å². The van der Waals surface area contributed by atoms with E-state index in [2.05, 4.69) is 16.9 Å². The summed E-state index contributed by atoms with van der Waals surface area (Å²) in [6.07, 6.45) is 5.09. The van der Waals surface area contributed by atoms with Crippen LogP contribution < -0.4 is 0 Å². The standard InChI is InChI=1S/C8H13N3/c1-8-4-2-6(3-5-8)7(8)10-11-9/h6-7H,2-5H2,1H3. The first kappa shape index (κ1) is 6.99. The summed E-state index contributed by atoms with van der Waals surface area (Å²) in [6, 6.07) is 0.312. The SMILES string of the molecule is CC12CCC(CC1)C2N=[N+]=[N-]. The molecule has 2 aliphatic carbocycles. The third kappa shape index (κ3) is 0.842. The summed E-state index contributed by atoms with van der Waals surface area (Å²) in [7, 11) is 0. The van der Waals surface area contributed by atoms with Crippen LogP contribution in [0.15, 0.2) is 5.11 Å². The third-order valence-corrected chi connectivity index (χ3v) is 3.51. The van der Waals surface area contributed by atoms with Crippen molar-refractivity contribution in [1.29, 1.82) is 0 Å². The van der Waals surface area contributed by atoms with Gasteiger partial charge in [0.25, 0.3) is 0 Å².